The van der Waals surface area contributed by atoms with Crippen molar-refractivity contribution in [2.24, 2.45) is 5.92 Å². The number of carbonyl (C=O) groups is 3. The number of halogens is 2. The summed E-state index contributed by atoms with van der Waals surface area (Å²) in [6, 6.07) is 7.55. The summed E-state index contributed by atoms with van der Waals surface area (Å²) < 4.78 is 19.0. The number of anilines is 1. The second-order valence-corrected chi connectivity index (χ2v) is 9.06. The normalized spacial score (nSPS) is 17.1. The highest BCUT2D eigenvalue weighted by Gasteiger charge is 2.51. The second-order valence-electron chi connectivity index (χ2n) is 8.67. The Morgan fingerprint density at radius 2 is 1.97 bits per heavy atom. The summed E-state index contributed by atoms with van der Waals surface area (Å²) in [5, 5.41) is 6.02. The van der Waals surface area contributed by atoms with E-state index >= 15 is 0 Å². The molecule has 0 radical (unpaired) electrons. The Bertz CT molecular complexity index is 1100. The van der Waals surface area contributed by atoms with E-state index in [9.17, 15) is 18.8 Å². The molecule has 0 atom stereocenters. The van der Waals surface area contributed by atoms with Crippen molar-refractivity contribution in [3.05, 3.63) is 58.6 Å². The van der Waals surface area contributed by atoms with Crippen molar-refractivity contribution >= 4 is 35.1 Å². The van der Waals surface area contributed by atoms with Crippen LogP contribution >= 0.6 is 11.6 Å². The quantitative estimate of drug-likeness (QED) is 0.459. The molecule has 1 aromatic carbocycles. The molecule has 1 aliphatic heterocycles. The maximum Gasteiger partial charge on any atom is 0.342 e. The molecule has 0 unspecified atom stereocenters. The Balaban J connectivity index is 1.29. The van der Waals surface area contributed by atoms with Crippen LogP contribution in [0.3, 0.4) is 0 Å². The van der Waals surface area contributed by atoms with Gasteiger partial charge in [-0.2, -0.15) is 0 Å². The number of hydrogen-bond donors (Lipinski definition) is 2. The van der Waals surface area contributed by atoms with Gasteiger partial charge in [0.2, 0.25) is 5.91 Å². The molecule has 2 aliphatic rings. The van der Waals surface area contributed by atoms with Gasteiger partial charge in [-0.05, 0) is 55.9 Å². The van der Waals surface area contributed by atoms with E-state index in [1.165, 1.54) is 25.4 Å². The van der Waals surface area contributed by atoms with Crippen molar-refractivity contribution in [3.8, 4) is 0 Å². The van der Waals surface area contributed by atoms with Crippen molar-refractivity contribution in [3.63, 3.8) is 0 Å². The van der Waals surface area contributed by atoms with Gasteiger partial charge in [0.25, 0.3) is 5.91 Å². The molecule has 4 rings (SSSR count). The minimum Gasteiger partial charge on any atom is -0.465 e. The summed E-state index contributed by atoms with van der Waals surface area (Å²) in [6.07, 6.45) is 4.15. The molecule has 2 heterocycles. The van der Waals surface area contributed by atoms with Crippen LogP contribution in [0.1, 0.15) is 46.4 Å². The monoisotopic (exact) mass is 488 g/mol. The van der Waals surface area contributed by atoms with Crippen molar-refractivity contribution in [2.75, 3.05) is 31.6 Å². The Morgan fingerprint density at radius 3 is 2.62 bits per heavy atom. The number of nitrogens with zero attached hydrogens (tertiary/aromatic N) is 2. The van der Waals surface area contributed by atoms with Gasteiger partial charge in [0, 0.05) is 31.4 Å². The molecule has 1 saturated carbocycles. The molecular weight excluding hydrogens is 463 g/mol. The summed E-state index contributed by atoms with van der Waals surface area (Å²) in [4.78, 5) is 43.2. The third-order valence-corrected chi connectivity index (χ3v) is 6.62. The fraction of sp³-hybridized carbons (Fsp3) is 0.417. The predicted molar refractivity (Wildman–Crippen MR) is 124 cm³/mol. The number of nitrogens with one attached hydrogen (secondary N) is 2. The number of carbonyl (C=O) groups excluding carboxylic acids is 3. The van der Waals surface area contributed by atoms with Gasteiger partial charge < -0.3 is 20.3 Å². The van der Waals surface area contributed by atoms with Gasteiger partial charge in [0.1, 0.15) is 22.1 Å². The van der Waals surface area contributed by atoms with E-state index in [1.807, 2.05) is 4.90 Å². The van der Waals surface area contributed by atoms with E-state index in [2.05, 4.69) is 15.6 Å². The molecular formula is C24H26ClFN4O4. The lowest BCUT2D eigenvalue weighted by atomic mass is 9.95. The molecule has 2 fully saturated rings. The van der Waals surface area contributed by atoms with Crippen LogP contribution in [0.5, 0.6) is 0 Å². The summed E-state index contributed by atoms with van der Waals surface area (Å²) >= 11 is 5.85. The average Bonchev–Trinajstić information content (AvgIpc) is 3.63. The van der Waals surface area contributed by atoms with E-state index in [0.717, 1.165) is 12.8 Å². The number of rotatable bonds is 7. The van der Waals surface area contributed by atoms with E-state index in [4.69, 9.17) is 16.3 Å². The number of benzene rings is 1. The van der Waals surface area contributed by atoms with Gasteiger partial charge in [-0.15, -0.1) is 0 Å². The second kappa shape index (κ2) is 9.97. The van der Waals surface area contributed by atoms with Crippen molar-refractivity contribution in [1.82, 2.24) is 15.6 Å². The van der Waals surface area contributed by atoms with Crippen molar-refractivity contribution < 1.29 is 23.5 Å². The molecule has 0 bridgehead atoms. The summed E-state index contributed by atoms with van der Waals surface area (Å²) in [7, 11) is 1.23. The zero-order chi connectivity index (χ0) is 24.3. The molecule has 1 aromatic heterocycles. The largest absolute Gasteiger partial charge is 0.465 e. The standard InChI is InChI=1S/C24H26ClFN4O4/c1-34-22(32)20-17(26)3-2-4-18(20)30-11-6-15(7-12-30)14-28-23(33)24(8-9-24)29-21(31)16-5-10-27-19(25)13-16/h2-5,10,13,15H,6-9,11-12,14H2,1H3,(H,28,33)(H,29,31). The molecule has 180 valence electrons. The van der Waals surface area contributed by atoms with Crippen LogP contribution < -0.4 is 15.5 Å². The van der Waals surface area contributed by atoms with Crippen LogP contribution in [0.25, 0.3) is 0 Å². The molecule has 34 heavy (non-hydrogen) atoms. The van der Waals surface area contributed by atoms with E-state index in [-0.39, 0.29) is 28.4 Å². The van der Waals surface area contributed by atoms with E-state index in [0.29, 0.717) is 43.7 Å². The first kappa shape index (κ1) is 23.9. The topological polar surface area (TPSA) is 101 Å². The number of ether oxygens (including phenoxy) is 1. The number of piperidine rings is 1. The Hall–Kier alpha value is -3.20. The molecule has 8 nitrogen and oxygen atoms in total. The number of hydrogen-bond acceptors (Lipinski definition) is 6. The van der Waals surface area contributed by atoms with Gasteiger partial charge in [-0.3, -0.25) is 9.59 Å². The first-order valence-corrected chi connectivity index (χ1v) is 11.5. The van der Waals surface area contributed by atoms with Crippen molar-refractivity contribution in [2.45, 2.75) is 31.2 Å². The van der Waals surface area contributed by atoms with Gasteiger partial charge in [0.15, 0.2) is 0 Å². The van der Waals surface area contributed by atoms with Crippen LogP contribution in [0.2, 0.25) is 5.15 Å². The van der Waals surface area contributed by atoms with Crippen molar-refractivity contribution in [1.29, 1.82) is 0 Å². The third kappa shape index (κ3) is 5.14. The lowest BCUT2D eigenvalue weighted by Crippen LogP contribution is -2.50. The van der Waals surface area contributed by atoms with Gasteiger partial charge in [-0.1, -0.05) is 17.7 Å². The Kier molecular flexibility index (Phi) is 7.02. The molecule has 1 aliphatic carbocycles. The van der Waals surface area contributed by atoms with Gasteiger partial charge in [-0.25, -0.2) is 14.2 Å². The number of pyridine rings is 1. The van der Waals surface area contributed by atoms with Crippen LogP contribution in [0, 0.1) is 11.7 Å². The molecule has 10 heteroatoms. The zero-order valence-electron chi connectivity index (χ0n) is 18.8. The Labute approximate surface area is 201 Å². The average molecular weight is 489 g/mol. The van der Waals surface area contributed by atoms with Crippen LogP contribution in [-0.2, 0) is 9.53 Å². The lowest BCUT2D eigenvalue weighted by Gasteiger charge is -2.34. The van der Waals surface area contributed by atoms with E-state index < -0.39 is 17.3 Å². The maximum absolute atomic E-state index is 14.3. The van der Waals surface area contributed by atoms with Gasteiger partial charge in [0.05, 0.1) is 12.8 Å². The molecule has 1 saturated heterocycles. The SMILES string of the molecule is COC(=O)c1c(F)cccc1N1CCC(CNC(=O)C2(NC(=O)c3ccnc(Cl)c3)CC2)CC1. The first-order chi connectivity index (χ1) is 16.3. The fourth-order valence-electron chi connectivity index (χ4n) is 4.23. The molecule has 0 spiro atoms. The number of methoxy groups -OCH3 is 1. The smallest absolute Gasteiger partial charge is 0.342 e. The van der Waals surface area contributed by atoms with Crippen LogP contribution in [0.4, 0.5) is 10.1 Å². The third-order valence-electron chi connectivity index (χ3n) is 6.41. The minimum absolute atomic E-state index is 0.0568. The highest BCUT2D eigenvalue weighted by atomic mass is 35.5. The zero-order valence-corrected chi connectivity index (χ0v) is 19.5. The van der Waals surface area contributed by atoms with Crippen LogP contribution in [0.15, 0.2) is 36.5 Å². The number of aromatic nitrogens is 1. The molecule has 2 aromatic rings. The van der Waals surface area contributed by atoms with E-state index in [1.54, 1.807) is 18.2 Å². The Morgan fingerprint density at radius 1 is 1.24 bits per heavy atom. The predicted octanol–water partition coefficient (Wildman–Crippen LogP) is 2.96. The summed E-state index contributed by atoms with van der Waals surface area (Å²) in [6.45, 7) is 1.73. The molecule has 2 N–H and O–H groups in total. The minimum atomic E-state index is -0.884. The maximum atomic E-state index is 14.3. The number of amides is 2. The van der Waals surface area contributed by atoms with Crippen LogP contribution in [-0.4, -0.2) is 55.1 Å². The summed E-state index contributed by atoms with van der Waals surface area (Å²) in [5.41, 5.74) is -0.0659. The molecule has 2 amide bonds. The lowest BCUT2D eigenvalue weighted by molar-refractivity contribution is -0.124. The summed E-state index contributed by atoms with van der Waals surface area (Å²) in [5.74, 6) is -1.62. The first-order valence-electron chi connectivity index (χ1n) is 11.2. The highest BCUT2D eigenvalue weighted by Crippen LogP contribution is 2.36. The fourth-order valence-corrected chi connectivity index (χ4v) is 4.41. The highest BCUT2D eigenvalue weighted by molar-refractivity contribution is 6.29. The van der Waals surface area contributed by atoms with Gasteiger partial charge >= 0.3 is 5.97 Å². The number of esters is 1.